The van der Waals surface area contributed by atoms with Crippen molar-refractivity contribution >= 4 is 21.6 Å². The molecule has 0 atom stereocenters. The lowest BCUT2D eigenvalue weighted by molar-refractivity contribution is 0.548. The van der Waals surface area contributed by atoms with Crippen LogP contribution in [0.4, 0.5) is 4.39 Å². The van der Waals surface area contributed by atoms with E-state index in [9.17, 15) is 12.8 Å². The first-order valence-corrected chi connectivity index (χ1v) is 8.80. The van der Waals surface area contributed by atoms with Gasteiger partial charge < -0.3 is 0 Å². The summed E-state index contributed by atoms with van der Waals surface area (Å²) in [4.78, 5) is -0.413. The summed E-state index contributed by atoms with van der Waals surface area (Å²) in [6, 6.07) is 13.7. The number of hydrogen-bond donors (Lipinski definition) is 1. The second-order valence-electron chi connectivity index (χ2n) is 5.52. The summed E-state index contributed by atoms with van der Waals surface area (Å²) < 4.78 is 41.0. The largest absolute Gasteiger partial charge is 0.243 e. The molecule has 0 amide bonds. The van der Waals surface area contributed by atoms with Crippen LogP contribution in [-0.2, 0) is 15.4 Å². The molecule has 0 bridgehead atoms. The number of sulfonamides is 1. The lowest BCUT2D eigenvalue weighted by atomic mass is 9.96. The van der Waals surface area contributed by atoms with Crippen LogP contribution in [0.5, 0.6) is 0 Å². The fourth-order valence-corrected chi connectivity index (χ4v) is 3.97. The molecule has 22 heavy (non-hydrogen) atoms. The SMILES string of the molecule is O=S(=O)(NCC1(c2ccccc2)CC1)c1cccc(Cl)c1F. The lowest BCUT2D eigenvalue weighted by Gasteiger charge is -2.17. The Balaban J connectivity index is 1.80. The van der Waals surface area contributed by atoms with E-state index in [4.69, 9.17) is 11.6 Å². The highest BCUT2D eigenvalue weighted by atomic mass is 35.5. The Kier molecular flexibility index (Phi) is 3.97. The molecular formula is C16H15ClFNO2S. The molecule has 1 aliphatic rings. The predicted octanol–water partition coefficient (Wildman–Crippen LogP) is 3.49. The molecule has 0 radical (unpaired) electrons. The van der Waals surface area contributed by atoms with Crippen LogP contribution in [0.25, 0.3) is 0 Å². The molecule has 2 aromatic rings. The van der Waals surface area contributed by atoms with Crippen molar-refractivity contribution in [3.8, 4) is 0 Å². The topological polar surface area (TPSA) is 46.2 Å². The summed E-state index contributed by atoms with van der Waals surface area (Å²) in [6.07, 6.45) is 1.83. The summed E-state index contributed by atoms with van der Waals surface area (Å²) in [6.45, 7) is 0.255. The average molecular weight is 340 g/mol. The summed E-state index contributed by atoms with van der Waals surface area (Å²) in [5.74, 6) is -0.916. The Morgan fingerprint density at radius 1 is 1.09 bits per heavy atom. The zero-order valence-electron chi connectivity index (χ0n) is 11.7. The second-order valence-corrected chi connectivity index (χ2v) is 7.67. The van der Waals surface area contributed by atoms with Gasteiger partial charge in [-0.2, -0.15) is 0 Å². The van der Waals surface area contributed by atoms with Crippen LogP contribution in [0, 0.1) is 5.82 Å². The minimum Gasteiger partial charge on any atom is -0.210 e. The third-order valence-electron chi connectivity index (χ3n) is 4.05. The van der Waals surface area contributed by atoms with Crippen molar-refractivity contribution in [3.63, 3.8) is 0 Å². The molecular weight excluding hydrogens is 325 g/mol. The van der Waals surface area contributed by atoms with E-state index >= 15 is 0 Å². The van der Waals surface area contributed by atoms with E-state index in [0.717, 1.165) is 18.4 Å². The van der Waals surface area contributed by atoms with Crippen molar-refractivity contribution in [3.05, 3.63) is 64.9 Å². The molecule has 1 saturated carbocycles. The lowest BCUT2D eigenvalue weighted by Crippen LogP contribution is -2.32. The molecule has 116 valence electrons. The molecule has 0 spiro atoms. The maximum atomic E-state index is 13.9. The van der Waals surface area contributed by atoms with Gasteiger partial charge in [-0.15, -0.1) is 0 Å². The van der Waals surface area contributed by atoms with Crippen molar-refractivity contribution in [2.75, 3.05) is 6.54 Å². The molecule has 2 aromatic carbocycles. The van der Waals surface area contributed by atoms with Gasteiger partial charge in [0.15, 0.2) is 5.82 Å². The van der Waals surface area contributed by atoms with Gasteiger partial charge in [0, 0.05) is 12.0 Å². The highest BCUT2D eigenvalue weighted by Crippen LogP contribution is 2.47. The second kappa shape index (κ2) is 5.65. The quantitative estimate of drug-likeness (QED) is 0.906. The predicted molar refractivity (Wildman–Crippen MR) is 84.0 cm³/mol. The van der Waals surface area contributed by atoms with E-state index in [1.807, 2.05) is 30.3 Å². The fraction of sp³-hybridized carbons (Fsp3) is 0.250. The Morgan fingerprint density at radius 3 is 2.41 bits per heavy atom. The highest BCUT2D eigenvalue weighted by molar-refractivity contribution is 7.89. The van der Waals surface area contributed by atoms with Crippen LogP contribution in [-0.4, -0.2) is 15.0 Å². The molecule has 3 rings (SSSR count). The smallest absolute Gasteiger partial charge is 0.210 e. The van der Waals surface area contributed by atoms with Gasteiger partial charge in [-0.25, -0.2) is 17.5 Å². The first kappa shape index (κ1) is 15.5. The van der Waals surface area contributed by atoms with Gasteiger partial charge in [-0.3, -0.25) is 0 Å². The van der Waals surface area contributed by atoms with Crippen molar-refractivity contribution in [1.82, 2.24) is 4.72 Å². The highest BCUT2D eigenvalue weighted by Gasteiger charge is 2.44. The fourth-order valence-electron chi connectivity index (χ4n) is 2.51. The van der Waals surface area contributed by atoms with Gasteiger partial charge in [0.25, 0.3) is 0 Å². The molecule has 6 heteroatoms. The van der Waals surface area contributed by atoms with Crippen LogP contribution in [0.3, 0.4) is 0 Å². The molecule has 0 heterocycles. The number of benzene rings is 2. The monoisotopic (exact) mass is 339 g/mol. The summed E-state index contributed by atoms with van der Waals surface area (Å²) in [5, 5.41) is -0.202. The third-order valence-corrected chi connectivity index (χ3v) is 5.76. The van der Waals surface area contributed by atoms with E-state index in [1.165, 1.54) is 18.2 Å². The van der Waals surface area contributed by atoms with Gasteiger partial charge in [-0.05, 0) is 30.5 Å². The van der Waals surface area contributed by atoms with Crippen molar-refractivity contribution in [2.45, 2.75) is 23.2 Å². The first-order chi connectivity index (χ1) is 10.4. The number of hydrogen-bond acceptors (Lipinski definition) is 2. The van der Waals surface area contributed by atoms with Crippen molar-refractivity contribution in [2.24, 2.45) is 0 Å². The Morgan fingerprint density at radius 2 is 1.77 bits per heavy atom. The van der Waals surface area contributed by atoms with Gasteiger partial charge in [0.1, 0.15) is 4.90 Å². The van der Waals surface area contributed by atoms with Gasteiger partial charge in [0.05, 0.1) is 5.02 Å². The zero-order valence-corrected chi connectivity index (χ0v) is 13.3. The van der Waals surface area contributed by atoms with E-state index < -0.39 is 20.7 Å². The average Bonchev–Trinajstić information content (AvgIpc) is 3.30. The summed E-state index contributed by atoms with van der Waals surface area (Å²) >= 11 is 5.65. The maximum Gasteiger partial charge on any atom is 0.243 e. The van der Waals surface area contributed by atoms with Crippen LogP contribution in [0.2, 0.25) is 5.02 Å². The minimum absolute atomic E-state index is 0.177. The van der Waals surface area contributed by atoms with E-state index in [-0.39, 0.29) is 17.0 Å². The van der Waals surface area contributed by atoms with Gasteiger partial charge >= 0.3 is 0 Å². The van der Waals surface area contributed by atoms with Crippen LogP contribution in [0.1, 0.15) is 18.4 Å². The summed E-state index contributed by atoms with van der Waals surface area (Å²) in [7, 11) is -3.92. The normalized spacial score (nSPS) is 16.5. The zero-order chi connectivity index (χ0) is 15.8. The number of rotatable bonds is 5. The number of nitrogens with one attached hydrogen (secondary N) is 1. The molecule has 1 N–H and O–H groups in total. The molecule has 0 aromatic heterocycles. The van der Waals surface area contributed by atoms with E-state index in [1.54, 1.807) is 0 Å². The standard InChI is InChI=1S/C16H15ClFNO2S/c17-13-7-4-8-14(15(13)18)22(20,21)19-11-16(9-10-16)12-5-2-1-3-6-12/h1-8,19H,9-11H2. The van der Waals surface area contributed by atoms with Gasteiger partial charge in [-0.1, -0.05) is 48.0 Å². The molecule has 1 aliphatic carbocycles. The van der Waals surface area contributed by atoms with E-state index in [2.05, 4.69) is 4.72 Å². The number of halogens is 2. The van der Waals surface area contributed by atoms with Crippen LogP contribution in [0.15, 0.2) is 53.4 Å². The Labute approximate surface area is 134 Å². The maximum absolute atomic E-state index is 13.9. The molecule has 0 saturated heterocycles. The third kappa shape index (κ3) is 2.89. The summed E-state index contributed by atoms with van der Waals surface area (Å²) in [5.41, 5.74) is 0.924. The van der Waals surface area contributed by atoms with Crippen molar-refractivity contribution in [1.29, 1.82) is 0 Å². The molecule has 1 fully saturated rings. The molecule has 0 aliphatic heterocycles. The van der Waals surface area contributed by atoms with Gasteiger partial charge in [0.2, 0.25) is 10.0 Å². The Hall–Kier alpha value is -1.43. The molecule has 3 nitrogen and oxygen atoms in total. The minimum atomic E-state index is -3.92. The van der Waals surface area contributed by atoms with E-state index in [0.29, 0.717) is 0 Å². The van der Waals surface area contributed by atoms with Crippen LogP contribution >= 0.6 is 11.6 Å². The first-order valence-electron chi connectivity index (χ1n) is 6.94. The van der Waals surface area contributed by atoms with Crippen LogP contribution < -0.4 is 4.72 Å². The molecule has 0 unspecified atom stereocenters. The Bertz CT molecular complexity index is 789. The van der Waals surface area contributed by atoms with Crippen molar-refractivity contribution < 1.29 is 12.8 Å².